The molecule has 24 heavy (non-hydrogen) atoms. The molecule has 0 aliphatic rings. The Balaban J connectivity index is 2.86. The number of nitrogens with one attached hydrogen (secondary N) is 1. The summed E-state index contributed by atoms with van der Waals surface area (Å²) in [6.45, 7) is 7.97. The second kappa shape index (κ2) is 8.09. The third-order valence-electron chi connectivity index (χ3n) is 4.53. The minimum absolute atomic E-state index is 0.140. The Bertz CT molecular complexity index is 650. The number of hydrogen-bond acceptors (Lipinski definition) is 4. The smallest absolute Gasteiger partial charge is 0.251 e. The van der Waals surface area contributed by atoms with Gasteiger partial charge in [-0.2, -0.15) is 4.31 Å². The molecule has 0 saturated heterocycles. The highest BCUT2D eigenvalue weighted by Crippen LogP contribution is 2.17. The van der Waals surface area contributed by atoms with Crippen molar-refractivity contribution < 1.29 is 13.2 Å². The van der Waals surface area contributed by atoms with Gasteiger partial charge in [0, 0.05) is 30.7 Å². The van der Waals surface area contributed by atoms with E-state index in [1.165, 1.54) is 35.6 Å². The summed E-state index contributed by atoms with van der Waals surface area (Å²) in [4.78, 5) is 12.4. The molecule has 0 fully saturated rings. The fraction of sp³-hybridized carbons (Fsp3) is 0.588. The van der Waals surface area contributed by atoms with Crippen LogP contribution in [0.1, 0.15) is 50.9 Å². The maximum absolute atomic E-state index is 12.4. The van der Waals surface area contributed by atoms with Crippen molar-refractivity contribution in [2.24, 2.45) is 5.73 Å². The van der Waals surface area contributed by atoms with Crippen LogP contribution >= 0.6 is 0 Å². The first-order valence-electron chi connectivity index (χ1n) is 8.22. The van der Waals surface area contributed by atoms with Gasteiger partial charge in [0.05, 0.1) is 4.90 Å². The first kappa shape index (κ1) is 20.6. The van der Waals surface area contributed by atoms with Gasteiger partial charge in [0.1, 0.15) is 0 Å². The van der Waals surface area contributed by atoms with Crippen molar-refractivity contribution >= 4 is 15.9 Å². The largest absolute Gasteiger partial charge is 0.350 e. The van der Waals surface area contributed by atoms with E-state index in [-0.39, 0.29) is 16.8 Å². The number of carbonyl (C=O) groups excluding carboxylic acids is 1. The Kier molecular flexibility index (Phi) is 6.95. The molecule has 1 aromatic carbocycles. The second-order valence-corrected chi connectivity index (χ2v) is 8.39. The highest BCUT2D eigenvalue weighted by molar-refractivity contribution is 7.89. The minimum atomic E-state index is -3.54. The van der Waals surface area contributed by atoms with Crippen LogP contribution in [-0.4, -0.2) is 43.8 Å². The van der Waals surface area contributed by atoms with Crippen LogP contribution in [0, 0.1) is 0 Å². The van der Waals surface area contributed by atoms with Crippen LogP contribution in [-0.2, 0) is 10.0 Å². The van der Waals surface area contributed by atoms with Crippen molar-refractivity contribution in [3.05, 3.63) is 29.8 Å². The van der Waals surface area contributed by atoms with Crippen molar-refractivity contribution in [2.75, 3.05) is 13.6 Å². The summed E-state index contributed by atoms with van der Waals surface area (Å²) in [6.07, 6.45) is 1.53. The van der Waals surface area contributed by atoms with Gasteiger partial charge in [-0.05, 0) is 51.0 Å². The monoisotopic (exact) mass is 355 g/mol. The van der Waals surface area contributed by atoms with Gasteiger partial charge >= 0.3 is 0 Å². The number of carbonyl (C=O) groups is 1. The fourth-order valence-electron chi connectivity index (χ4n) is 2.08. The summed E-state index contributed by atoms with van der Waals surface area (Å²) < 4.78 is 26.1. The third kappa shape index (κ3) is 4.78. The zero-order valence-electron chi connectivity index (χ0n) is 15.2. The number of nitrogens with two attached hydrogens (primary N) is 1. The lowest BCUT2D eigenvalue weighted by molar-refractivity contribution is 0.0942. The molecule has 136 valence electrons. The van der Waals surface area contributed by atoms with Crippen LogP contribution in [0.15, 0.2) is 29.2 Å². The van der Waals surface area contributed by atoms with E-state index in [1.807, 2.05) is 13.8 Å². The molecule has 0 aromatic heterocycles. The predicted molar refractivity (Wildman–Crippen MR) is 96.4 cm³/mol. The molecule has 0 saturated carbocycles. The summed E-state index contributed by atoms with van der Waals surface area (Å²) in [5.74, 6) is -0.257. The van der Waals surface area contributed by atoms with E-state index in [4.69, 9.17) is 5.73 Å². The van der Waals surface area contributed by atoms with Gasteiger partial charge in [0.25, 0.3) is 5.91 Å². The molecule has 0 atom stereocenters. The molecule has 0 spiro atoms. The molecule has 0 aliphatic heterocycles. The van der Waals surface area contributed by atoms with Crippen LogP contribution in [0.2, 0.25) is 0 Å². The lowest BCUT2D eigenvalue weighted by atomic mass is 9.94. The highest BCUT2D eigenvalue weighted by atomic mass is 32.2. The van der Waals surface area contributed by atoms with Crippen LogP contribution in [0.25, 0.3) is 0 Å². The lowest BCUT2D eigenvalue weighted by Gasteiger charge is -2.26. The molecular weight excluding hydrogens is 326 g/mol. The molecule has 6 nitrogen and oxygen atoms in total. The molecule has 0 radical (unpaired) electrons. The minimum Gasteiger partial charge on any atom is -0.350 e. The zero-order valence-corrected chi connectivity index (χ0v) is 16.0. The van der Waals surface area contributed by atoms with Gasteiger partial charge in [-0.1, -0.05) is 13.8 Å². The highest BCUT2D eigenvalue weighted by Gasteiger charge is 2.24. The number of benzene rings is 1. The third-order valence-corrected chi connectivity index (χ3v) is 6.58. The van der Waals surface area contributed by atoms with Gasteiger partial charge in [0.2, 0.25) is 10.0 Å². The first-order chi connectivity index (χ1) is 11.1. The van der Waals surface area contributed by atoms with Crippen LogP contribution in [0.3, 0.4) is 0 Å². The van der Waals surface area contributed by atoms with Gasteiger partial charge < -0.3 is 11.1 Å². The summed E-state index contributed by atoms with van der Waals surface area (Å²) in [6, 6.07) is 5.81. The molecule has 7 heteroatoms. The summed E-state index contributed by atoms with van der Waals surface area (Å²) in [5.41, 5.74) is 6.16. The molecule has 0 bridgehead atoms. The average molecular weight is 356 g/mol. The van der Waals surface area contributed by atoms with E-state index < -0.39 is 15.6 Å². The molecule has 1 aromatic rings. The normalized spacial score (nSPS) is 12.7. The summed E-state index contributed by atoms with van der Waals surface area (Å²) >= 11 is 0. The molecule has 1 rings (SSSR count). The Morgan fingerprint density at radius 3 is 2.12 bits per heavy atom. The first-order valence-corrected chi connectivity index (χ1v) is 9.66. The molecule has 3 N–H and O–H groups in total. The standard InChI is InChI=1S/C17H29N3O3S/c1-6-17(18,7-2)12-19-16(21)14-8-10-15(11-9-14)24(22,23)20(5)13(3)4/h8-11,13H,6-7,12,18H2,1-5H3,(H,19,21). The molecular formula is C17H29N3O3S. The fourth-order valence-corrected chi connectivity index (χ4v) is 3.45. The van der Waals surface area contributed by atoms with E-state index in [1.54, 1.807) is 13.8 Å². The second-order valence-electron chi connectivity index (χ2n) is 6.39. The van der Waals surface area contributed by atoms with Gasteiger partial charge in [-0.3, -0.25) is 4.79 Å². The van der Waals surface area contributed by atoms with E-state index in [0.717, 1.165) is 12.8 Å². The lowest BCUT2D eigenvalue weighted by Crippen LogP contribution is -2.49. The SMILES string of the molecule is CCC(N)(CC)CNC(=O)c1ccc(S(=O)(=O)N(C)C(C)C)cc1. The van der Waals surface area contributed by atoms with E-state index in [9.17, 15) is 13.2 Å². The summed E-state index contributed by atoms with van der Waals surface area (Å²) in [5, 5.41) is 2.82. The van der Waals surface area contributed by atoms with E-state index >= 15 is 0 Å². The predicted octanol–water partition coefficient (Wildman–Crippen LogP) is 1.96. The van der Waals surface area contributed by atoms with Crippen LogP contribution < -0.4 is 11.1 Å². The van der Waals surface area contributed by atoms with Crippen LogP contribution in [0.4, 0.5) is 0 Å². The number of rotatable bonds is 8. The van der Waals surface area contributed by atoms with E-state index in [0.29, 0.717) is 12.1 Å². The van der Waals surface area contributed by atoms with Crippen molar-refractivity contribution in [1.82, 2.24) is 9.62 Å². The molecule has 0 heterocycles. The Labute approximate surface area is 145 Å². The summed E-state index contributed by atoms with van der Waals surface area (Å²) in [7, 11) is -2.00. The number of hydrogen-bond donors (Lipinski definition) is 2. The van der Waals surface area contributed by atoms with Gasteiger partial charge in [-0.15, -0.1) is 0 Å². The molecule has 0 aliphatic carbocycles. The average Bonchev–Trinajstić information content (AvgIpc) is 2.58. The van der Waals surface area contributed by atoms with E-state index in [2.05, 4.69) is 5.32 Å². The number of amides is 1. The van der Waals surface area contributed by atoms with Crippen molar-refractivity contribution in [3.63, 3.8) is 0 Å². The maximum Gasteiger partial charge on any atom is 0.251 e. The van der Waals surface area contributed by atoms with Crippen LogP contribution in [0.5, 0.6) is 0 Å². The Morgan fingerprint density at radius 2 is 1.71 bits per heavy atom. The van der Waals surface area contributed by atoms with Crippen molar-refractivity contribution in [1.29, 1.82) is 0 Å². The number of sulfonamides is 1. The quantitative estimate of drug-likeness (QED) is 0.745. The van der Waals surface area contributed by atoms with Crippen molar-refractivity contribution in [2.45, 2.75) is 57.0 Å². The topological polar surface area (TPSA) is 92.5 Å². The van der Waals surface area contributed by atoms with Gasteiger partial charge in [0.15, 0.2) is 0 Å². The zero-order chi connectivity index (χ0) is 18.5. The van der Waals surface area contributed by atoms with Gasteiger partial charge in [-0.25, -0.2) is 8.42 Å². The molecule has 0 unspecified atom stereocenters. The number of nitrogens with zero attached hydrogens (tertiary/aromatic N) is 1. The van der Waals surface area contributed by atoms with Crippen molar-refractivity contribution in [3.8, 4) is 0 Å². The maximum atomic E-state index is 12.4. The Hall–Kier alpha value is -1.44. The molecule has 1 amide bonds. The Morgan fingerprint density at radius 1 is 1.21 bits per heavy atom.